The van der Waals surface area contributed by atoms with Crippen LogP contribution in [-0.2, 0) is 4.74 Å². The van der Waals surface area contributed by atoms with Crippen molar-refractivity contribution < 1.29 is 9.47 Å². The highest BCUT2D eigenvalue weighted by atomic mass is 79.9. The van der Waals surface area contributed by atoms with Gasteiger partial charge in [-0.2, -0.15) is 4.98 Å². The second kappa shape index (κ2) is 8.32. The molecule has 0 spiro atoms. The minimum Gasteiger partial charge on any atom is -0.480 e. The highest BCUT2D eigenvalue weighted by molar-refractivity contribution is 9.10. The van der Waals surface area contributed by atoms with Crippen molar-refractivity contribution >= 4 is 21.9 Å². The van der Waals surface area contributed by atoms with Gasteiger partial charge in [-0.3, -0.25) is 0 Å². The first-order valence-electron chi connectivity index (χ1n) is 6.49. The summed E-state index contributed by atoms with van der Waals surface area (Å²) in [4.78, 5) is 11.0. The van der Waals surface area contributed by atoms with E-state index in [4.69, 9.17) is 9.47 Å². The molecule has 19 heavy (non-hydrogen) atoms. The molecule has 0 aromatic carbocycles. The molecule has 1 aromatic heterocycles. The molecule has 1 heterocycles. The van der Waals surface area contributed by atoms with Crippen molar-refractivity contribution in [2.24, 2.45) is 0 Å². The third kappa shape index (κ3) is 4.31. The quantitative estimate of drug-likeness (QED) is 0.733. The van der Waals surface area contributed by atoms with E-state index in [0.717, 1.165) is 23.9 Å². The molecule has 108 valence electrons. The van der Waals surface area contributed by atoms with E-state index in [1.54, 1.807) is 20.4 Å². The molecular weight excluding hydrogens is 310 g/mol. The topological polar surface area (TPSA) is 47.5 Å². The van der Waals surface area contributed by atoms with Gasteiger partial charge >= 0.3 is 0 Å². The van der Waals surface area contributed by atoms with Crippen molar-refractivity contribution in [3.8, 4) is 5.88 Å². The third-order valence-corrected chi connectivity index (χ3v) is 3.61. The predicted molar refractivity (Wildman–Crippen MR) is 79.9 cm³/mol. The van der Waals surface area contributed by atoms with E-state index < -0.39 is 0 Å². The summed E-state index contributed by atoms with van der Waals surface area (Å²) in [7, 11) is 3.31. The molecule has 0 bridgehead atoms. The Labute approximate surface area is 123 Å². The zero-order valence-corrected chi connectivity index (χ0v) is 13.6. The fraction of sp³-hybridized carbons (Fsp3) is 0.692. The standard InChI is InChI=1S/C13H22BrN3O2/c1-5-10(6-2)17(7-8-18-3)13-15-9-11(14)12(16-13)19-4/h9-10H,5-8H2,1-4H3. The van der Waals surface area contributed by atoms with Gasteiger partial charge in [0.15, 0.2) is 0 Å². The monoisotopic (exact) mass is 331 g/mol. The summed E-state index contributed by atoms with van der Waals surface area (Å²) in [6.45, 7) is 5.76. The average Bonchev–Trinajstić information content (AvgIpc) is 2.44. The predicted octanol–water partition coefficient (Wildman–Crippen LogP) is 2.89. The number of rotatable bonds is 8. The second-order valence-electron chi connectivity index (χ2n) is 4.18. The normalized spacial score (nSPS) is 10.8. The molecule has 0 amide bonds. The molecule has 0 saturated heterocycles. The van der Waals surface area contributed by atoms with Gasteiger partial charge in [0.25, 0.3) is 0 Å². The minimum absolute atomic E-state index is 0.404. The molecule has 0 fully saturated rings. The van der Waals surface area contributed by atoms with E-state index in [9.17, 15) is 0 Å². The van der Waals surface area contributed by atoms with Crippen molar-refractivity contribution in [1.29, 1.82) is 0 Å². The molecule has 0 aliphatic rings. The lowest BCUT2D eigenvalue weighted by molar-refractivity contribution is 0.202. The Hall–Kier alpha value is -0.880. The number of halogens is 1. The van der Waals surface area contributed by atoms with Gasteiger partial charge in [-0.15, -0.1) is 0 Å². The van der Waals surface area contributed by atoms with Crippen LogP contribution in [0.2, 0.25) is 0 Å². The number of methoxy groups -OCH3 is 2. The lowest BCUT2D eigenvalue weighted by atomic mass is 10.1. The Bertz CT molecular complexity index is 386. The van der Waals surface area contributed by atoms with Crippen LogP contribution in [-0.4, -0.2) is 43.4 Å². The molecular formula is C13H22BrN3O2. The van der Waals surface area contributed by atoms with Crippen LogP contribution < -0.4 is 9.64 Å². The maximum Gasteiger partial charge on any atom is 0.232 e. The highest BCUT2D eigenvalue weighted by Crippen LogP contribution is 2.25. The second-order valence-corrected chi connectivity index (χ2v) is 5.04. The van der Waals surface area contributed by atoms with Crippen molar-refractivity contribution in [2.75, 3.05) is 32.3 Å². The third-order valence-electron chi connectivity index (χ3n) is 3.07. The molecule has 5 nitrogen and oxygen atoms in total. The largest absolute Gasteiger partial charge is 0.480 e. The van der Waals surface area contributed by atoms with Crippen LogP contribution in [0, 0.1) is 0 Å². The van der Waals surface area contributed by atoms with E-state index in [1.807, 2.05) is 0 Å². The molecule has 0 aliphatic carbocycles. The molecule has 1 rings (SSSR count). The summed E-state index contributed by atoms with van der Waals surface area (Å²) in [5.41, 5.74) is 0. The first kappa shape index (κ1) is 16.2. The lowest BCUT2D eigenvalue weighted by Gasteiger charge is -2.30. The summed E-state index contributed by atoms with van der Waals surface area (Å²) in [5.74, 6) is 1.24. The van der Waals surface area contributed by atoms with Crippen molar-refractivity contribution in [3.05, 3.63) is 10.7 Å². The summed E-state index contributed by atoms with van der Waals surface area (Å²) in [6, 6.07) is 0.404. The van der Waals surface area contributed by atoms with Crippen LogP contribution in [0.5, 0.6) is 5.88 Å². The van der Waals surface area contributed by atoms with Crippen LogP contribution in [0.3, 0.4) is 0 Å². The molecule has 0 saturated carbocycles. The number of anilines is 1. The summed E-state index contributed by atoms with van der Waals surface area (Å²) in [6.07, 6.45) is 3.81. The Balaban J connectivity index is 3.01. The van der Waals surface area contributed by atoms with Gasteiger partial charge in [0, 0.05) is 19.7 Å². The highest BCUT2D eigenvalue weighted by Gasteiger charge is 2.19. The maximum absolute atomic E-state index is 5.23. The Morgan fingerprint density at radius 3 is 2.53 bits per heavy atom. The van der Waals surface area contributed by atoms with Gasteiger partial charge in [-0.05, 0) is 28.8 Å². The van der Waals surface area contributed by atoms with E-state index in [2.05, 4.69) is 44.6 Å². The van der Waals surface area contributed by atoms with Crippen molar-refractivity contribution in [3.63, 3.8) is 0 Å². The van der Waals surface area contributed by atoms with Crippen LogP contribution in [0.1, 0.15) is 26.7 Å². The van der Waals surface area contributed by atoms with Crippen molar-refractivity contribution in [1.82, 2.24) is 9.97 Å². The smallest absolute Gasteiger partial charge is 0.232 e. The van der Waals surface area contributed by atoms with E-state index in [1.165, 1.54) is 0 Å². The summed E-state index contributed by atoms with van der Waals surface area (Å²) in [5, 5.41) is 0. The lowest BCUT2D eigenvalue weighted by Crippen LogP contribution is -2.38. The van der Waals surface area contributed by atoms with Crippen molar-refractivity contribution in [2.45, 2.75) is 32.7 Å². The number of nitrogens with zero attached hydrogens (tertiary/aromatic N) is 3. The average molecular weight is 332 g/mol. The maximum atomic E-state index is 5.23. The van der Waals surface area contributed by atoms with E-state index in [0.29, 0.717) is 24.5 Å². The Kier molecular flexibility index (Phi) is 7.09. The molecule has 0 aliphatic heterocycles. The molecule has 0 N–H and O–H groups in total. The van der Waals surface area contributed by atoms with E-state index >= 15 is 0 Å². The molecule has 6 heteroatoms. The summed E-state index contributed by atoms with van der Waals surface area (Å²) < 4.78 is 11.2. The van der Waals surface area contributed by atoms with Gasteiger partial charge in [0.2, 0.25) is 11.8 Å². The fourth-order valence-electron chi connectivity index (χ4n) is 1.99. The van der Waals surface area contributed by atoms with Gasteiger partial charge < -0.3 is 14.4 Å². The van der Waals surface area contributed by atoms with E-state index in [-0.39, 0.29) is 0 Å². The summed E-state index contributed by atoms with van der Waals surface area (Å²) >= 11 is 3.37. The number of hydrogen-bond acceptors (Lipinski definition) is 5. The SMILES string of the molecule is CCC(CC)N(CCOC)c1ncc(Br)c(OC)n1. The number of ether oxygens (including phenoxy) is 2. The zero-order valence-electron chi connectivity index (χ0n) is 12.0. The molecule has 0 unspecified atom stereocenters. The Morgan fingerprint density at radius 1 is 1.32 bits per heavy atom. The molecule has 0 atom stereocenters. The zero-order chi connectivity index (χ0) is 14.3. The van der Waals surface area contributed by atoms with Crippen LogP contribution >= 0.6 is 15.9 Å². The van der Waals surface area contributed by atoms with Crippen LogP contribution in [0.25, 0.3) is 0 Å². The van der Waals surface area contributed by atoms with Gasteiger partial charge in [0.05, 0.1) is 24.4 Å². The first-order valence-corrected chi connectivity index (χ1v) is 7.29. The Morgan fingerprint density at radius 2 is 2.00 bits per heavy atom. The van der Waals surface area contributed by atoms with Gasteiger partial charge in [-0.25, -0.2) is 4.98 Å². The fourth-order valence-corrected chi connectivity index (χ4v) is 2.34. The molecule has 0 radical (unpaired) electrons. The number of hydrogen-bond donors (Lipinski definition) is 0. The van der Waals surface area contributed by atoms with Crippen LogP contribution in [0.4, 0.5) is 5.95 Å². The number of aromatic nitrogens is 2. The van der Waals surface area contributed by atoms with Crippen LogP contribution in [0.15, 0.2) is 10.7 Å². The minimum atomic E-state index is 0.404. The van der Waals surface area contributed by atoms with Gasteiger partial charge in [0.1, 0.15) is 0 Å². The molecule has 1 aromatic rings. The van der Waals surface area contributed by atoms with Gasteiger partial charge in [-0.1, -0.05) is 13.8 Å². The first-order chi connectivity index (χ1) is 9.17.